The van der Waals surface area contributed by atoms with Gasteiger partial charge in [0.15, 0.2) is 0 Å². The maximum atomic E-state index is 11.8. The number of carbonyl (C=O) groups excluding carboxylic acids is 1. The highest BCUT2D eigenvalue weighted by molar-refractivity contribution is 5.94. The summed E-state index contributed by atoms with van der Waals surface area (Å²) >= 11 is 0. The van der Waals surface area contributed by atoms with E-state index < -0.39 is 4.92 Å². The molecule has 23 heavy (non-hydrogen) atoms. The number of nitrogens with zero attached hydrogens (tertiary/aromatic N) is 2. The molecule has 8 heteroatoms. The summed E-state index contributed by atoms with van der Waals surface area (Å²) in [6.07, 6.45) is 4.29. The van der Waals surface area contributed by atoms with E-state index in [9.17, 15) is 14.9 Å². The summed E-state index contributed by atoms with van der Waals surface area (Å²) < 4.78 is 9.92. The standard InChI is InChI=1S/C15H13N3O5/c1-22-12-6-4-11(5-7-12)15(19)17-16-10-2-3-13-8-9-14(23-13)18(20)21/h2-10H,1H3,(H,17,19)/b3-2+,16-10-. The molecular weight excluding hydrogens is 302 g/mol. The number of carbonyl (C=O) groups is 1. The van der Waals surface area contributed by atoms with Crippen molar-refractivity contribution in [3.05, 3.63) is 63.9 Å². The van der Waals surface area contributed by atoms with Crippen LogP contribution in [0.1, 0.15) is 16.1 Å². The van der Waals surface area contributed by atoms with Crippen molar-refractivity contribution >= 4 is 24.1 Å². The van der Waals surface area contributed by atoms with Crippen LogP contribution in [-0.2, 0) is 0 Å². The highest BCUT2D eigenvalue weighted by Gasteiger charge is 2.09. The van der Waals surface area contributed by atoms with Gasteiger partial charge in [-0.1, -0.05) is 0 Å². The number of amides is 1. The van der Waals surface area contributed by atoms with Crippen LogP contribution >= 0.6 is 0 Å². The molecule has 0 saturated heterocycles. The minimum absolute atomic E-state index is 0.310. The predicted molar refractivity (Wildman–Crippen MR) is 83.3 cm³/mol. The number of hydrogen-bond donors (Lipinski definition) is 1. The van der Waals surface area contributed by atoms with Crippen LogP contribution in [0.2, 0.25) is 0 Å². The number of benzene rings is 1. The monoisotopic (exact) mass is 315 g/mol. The lowest BCUT2D eigenvalue weighted by Crippen LogP contribution is -2.17. The maximum Gasteiger partial charge on any atom is 0.433 e. The number of furan rings is 1. The van der Waals surface area contributed by atoms with Crippen LogP contribution in [-0.4, -0.2) is 24.2 Å². The molecule has 0 aliphatic heterocycles. The van der Waals surface area contributed by atoms with E-state index in [0.29, 0.717) is 17.1 Å². The topological polar surface area (TPSA) is 107 Å². The molecule has 0 atom stereocenters. The van der Waals surface area contributed by atoms with Crippen molar-refractivity contribution in [2.24, 2.45) is 5.10 Å². The molecule has 1 aromatic carbocycles. The zero-order valence-electron chi connectivity index (χ0n) is 12.1. The summed E-state index contributed by atoms with van der Waals surface area (Å²) in [5.41, 5.74) is 2.78. The molecule has 2 rings (SSSR count). The van der Waals surface area contributed by atoms with E-state index in [0.717, 1.165) is 0 Å². The highest BCUT2D eigenvalue weighted by Crippen LogP contribution is 2.16. The largest absolute Gasteiger partial charge is 0.497 e. The second kappa shape index (κ2) is 7.55. The van der Waals surface area contributed by atoms with Gasteiger partial charge in [-0.25, -0.2) is 5.43 Å². The van der Waals surface area contributed by atoms with Gasteiger partial charge in [0.1, 0.15) is 16.4 Å². The minimum Gasteiger partial charge on any atom is -0.497 e. The molecule has 0 radical (unpaired) electrons. The van der Waals surface area contributed by atoms with Crippen molar-refractivity contribution in [2.75, 3.05) is 7.11 Å². The molecule has 0 aliphatic carbocycles. The van der Waals surface area contributed by atoms with Gasteiger partial charge in [0, 0.05) is 11.8 Å². The number of methoxy groups -OCH3 is 1. The lowest BCUT2D eigenvalue weighted by atomic mass is 10.2. The number of nitro groups is 1. The minimum atomic E-state index is -0.624. The van der Waals surface area contributed by atoms with E-state index in [1.807, 2.05) is 0 Å². The van der Waals surface area contributed by atoms with Crippen molar-refractivity contribution in [1.29, 1.82) is 0 Å². The molecule has 0 fully saturated rings. The molecule has 8 nitrogen and oxygen atoms in total. The molecule has 0 unspecified atom stereocenters. The SMILES string of the molecule is COc1ccc(C(=O)N/N=C\C=C\c2ccc([N+](=O)[O-])o2)cc1. The van der Waals surface area contributed by atoms with Crippen LogP contribution < -0.4 is 10.2 Å². The first-order valence-corrected chi connectivity index (χ1v) is 6.48. The van der Waals surface area contributed by atoms with Crippen molar-refractivity contribution < 1.29 is 18.9 Å². The first kappa shape index (κ1) is 16.0. The molecule has 0 saturated carbocycles. The zero-order chi connectivity index (χ0) is 16.7. The fourth-order valence-corrected chi connectivity index (χ4v) is 1.61. The molecule has 0 spiro atoms. The summed E-state index contributed by atoms with van der Waals surface area (Å²) in [7, 11) is 1.54. The van der Waals surface area contributed by atoms with Gasteiger partial charge in [-0.15, -0.1) is 0 Å². The second-order valence-corrected chi connectivity index (χ2v) is 4.24. The van der Waals surface area contributed by atoms with E-state index >= 15 is 0 Å². The lowest BCUT2D eigenvalue weighted by molar-refractivity contribution is -0.402. The van der Waals surface area contributed by atoms with Crippen molar-refractivity contribution in [1.82, 2.24) is 5.43 Å². The van der Waals surface area contributed by atoms with Gasteiger partial charge < -0.3 is 9.15 Å². The Kier molecular flexibility index (Phi) is 5.24. The van der Waals surface area contributed by atoms with Crippen LogP contribution in [0.25, 0.3) is 6.08 Å². The molecule has 1 N–H and O–H groups in total. The highest BCUT2D eigenvalue weighted by atomic mass is 16.6. The summed E-state index contributed by atoms with van der Waals surface area (Å²) in [5.74, 6) is 0.255. The summed E-state index contributed by atoms with van der Waals surface area (Å²) in [5, 5.41) is 14.2. The third-order valence-electron chi connectivity index (χ3n) is 2.73. The van der Waals surface area contributed by atoms with Gasteiger partial charge in [0.05, 0.1) is 13.2 Å². The van der Waals surface area contributed by atoms with Gasteiger partial charge in [0.25, 0.3) is 5.91 Å². The van der Waals surface area contributed by atoms with Crippen LogP contribution in [0, 0.1) is 10.1 Å². The normalized spacial score (nSPS) is 11.0. The second-order valence-electron chi connectivity index (χ2n) is 4.24. The first-order chi connectivity index (χ1) is 11.1. The Bertz CT molecular complexity index is 747. The van der Waals surface area contributed by atoms with E-state index in [4.69, 9.17) is 9.15 Å². The number of allylic oxidation sites excluding steroid dienone is 1. The van der Waals surface area contributed by atoms with Crippen LogP contribution in [0.15, 0.2) is 52.0 Å². The summed E-state index contributed by atoms with van der Waals surface area (Å²) in [6, 6.07) is 9.27. The Morgan fingerprint density at radius 2 is 2.04 bits per heavy atom. The number of hydrazone groups is 1. The first-order valence-electron chi connectivity index (χ1n) is 6.48. The van der Waals surface area contributed by atoms with E-state index in [2.05, 4.69) is 10.5 Å². The van der Waals surface area contributed by atoms with Crippen molar-refractivity contribution in [3.8, 4) is 5.75 Å². The predicted octanol–water partition coefficient (Wildman–Crippen LogP) is 2.63. The fourth-order valence-electron chi connectivity index (χ4n) is 1.61. The number of rotatable bonds is 6. The van der Waals surface area contributed by atoms with Crippen LogP contribution in [0.5, 0.6) is 5.75 Å². The van der Waals surface area contributed by atoms with Gasteiger partial charge >= 0.3 is 5.88 Å². The third kappa shape index (κ3) is 4.53. The number of nitrogens with one attached hydrogen (secondary N) is 1. The van der Waals surface area contributed by atoms with Crippen LogP contribution in [0.4, 0.5) is 5.88 Å². The van der Waals surface area contributed by atoms with E-state index in [1.165, 1.54) is 30.5 Å². The Labute approximate surface area is 131 Å². The Morgan fingerprint density at radius 1 is 1.30 bits per heavy atom. The molecule has 1 aromatic heterocycles. The van der Waals surface area contributed by atoms with Gasteiger partial charge in [-0.3, -0.25) is 14.9 Å². The van der Waals surface area contributed by atoms with E-state index in [1.54, 1.807) is 31.4 Å². The van der Waals surface area contributed by atoms with Crippen molar-refractivity contribution in [2.45, 2.75) is 0 Å². The van der Waals surface area contributed by atoms with E-state index in [-0.39, 0.29) is 11.8 Å². The smallest absolute Gasteiger partial charge is 0.433 e. The zero-order valence-corrected chi connectivity index (χ0v) is 12.1. The maximum absolute atomic E-state index is 11.8. The molecule has 0 aliphatic rings. The quantitative estimate of drug-likeness (QED) is 0.501. The summed E-state index contributed by atoms with van der Waals surface area (Å²) in [6.45, 7) is 0. The van der Waals surface area contributed by atoms with Crippen molar-refractivity contribution in [3.63, 3.8) is 0 Å². The molecule has 1 amide bonds. The number of ether oxygens (including phenoxy) is 1. The Hall–Kier alpha value is -3.42. The third-order valence-corrected chi connectivity index (χ3v) is 2.73. The molecule has 0 bridgehead atoms. The molecule has 1 heterocycles. The average molecular weight is 315 g/mol. The van der Waals surface area contributed by atoms with Gasteiger partial charge in [0.2, 0.25) is 0 Å². The molecule has 118 valence electrons. The number of hydrogen-bond acceptors (Lipinski definition) is 6. The summed E-state index contributed by atoms with van der Waals surface area (Å²) in [4.78, 5) is 21.6. The Balaban J connectivity index is 1.86. The fraction of sp³-hybridized carbons (Fsp3) is 0.0667. The lowest BCUT2D eigenvalue weighted by Gasteiger charge is -2.01. The van der Waals surface area contributed by atoms with Gasteiger partial charge in [-0.05, 0) is 42.5 Å². The Morgan fingerprint density at radius 3 is 2.65 bits per heavy atom. The average Bonchev–Trinajstić information content (AvgIpc) is 3.03. The molecule has 2 aromatic rings. The van der Waals surface area contributed by atoms with Crippen LogP contribution in [0.3, 0.4) is 0 Å². The van der Waals surface area contributed by atoms with Gasteiger partial charge in [-0.2, -0.15) is 5.10 Å². The molecular formula is C15H13N3O5.